The van der Waals surface area contributed by atoms with Crippen LogP contribution < -0.4 is 9.80 Å². The van der Waals surface area contributed by atoms with Gasteiger partial charge in [-0.05, 0) is 34.9 Å². The molecule has 0 radical (unpaired) electrons. The number of hydrogen-bond acceptors (Lipinski definition) is 5. The number of fused-ring (bicyclic) bond motifs is 5. The van der Waals surface area contributed by atoms with Crippen molar-refractivity contribution >= 4 is 46.8 Å². The summed E-state index contributed by atoms with van der Waals surface area (Å²) >= 11 is 6.44. The fourth-order valence-corrected chi connectivity index (χ4v) is 6.65. The molecule has 7 rings (SSSR count). The molecule has 2 fully saturated rings. The van der Waals surface area contributed by atoms with E-state index in [4.69, 9.17) is 16.3 Å². The van der Waals surface area contributed by atoms with Gasteiger partial charge in [-0.1, -0.05) is 115 Å². The van der Waals surface area contributed by atoms with Crippen LogP contribution in [0.25, 0.3) is 6.08 Å². The Kier molecular flexibility index (Phi) is 6.20. The number of rotatable bonds is 5. The van der Waals surface area contributed by atoms with Crippen molar-refractivity contribution in [2.45, 2.75) is 18.2 Å². The third-order valence-corrected chi connectivity index (χ3v) is 8.51. The van der Waals surface area contributed by atoms with Gasteiger partial charge in [-0.3, -0.25) is 9.59 Å². The highest BCUT2D eigenvalue weighted by molar-refractivity contribution is 6.36. The maximum Gasteiger partial charge on any atom is 0.330 e. The molecule has 0 aliphatic carbocycles. The van der Waals surface area contributed by atoms with Crippen LogP contribution in [-0.4, -0.2) is 29.9 Å². The number of imide groups is 1. The van der Waals surface area contributed by atoms with E-state index in [1.807, 2.05) is 102 Å². The van der Waals surface area contributed by atoms with Gasteiger partial charge in [0, 0.05) is 5.69 Å². The number of nitrogens with zero attached hydrogens (tertiary/aromatic N) is 2. The topological polar surface area (TPSA) is 66.9 Å². The van der Waals surface area contributed by atoms with E-state index < -0.39 is 41.9 Å². The van der Waals surface area contributed by atoms with Crippen LogP contribution in [0.3, 0.4) is 0 Å². The molecule has 4 aromatic carbocycles. The second-order valence-corrected chi connectivity index (χ2v) is 10.8. The molecule has 7 heteroatoms. The van der Waals surface area contributed by atoms with E-state index in [9.17, 15) is 14.4 Å². The maximum atomic E-state index is 14.4. The molecule has 0 spiro atoms. The normalized spacial score (nSPS) is 22.5. The predicted molar refractivity (Wildman–Crippen MR) is 157 cm³/mol. The number of amides is 2. The third kappa shape index (κ3) is 4.06. The molecular formula is C34H25ClN2O4. The van der Waals surface area contributed by atoms with E-state index >= 15 is 0 Å². The first-order chi connectivity index (χ1) is 20.0. The molecule has 2 amide bonds. The Morgan fingerprint density at radius 2 is 1.27 bits per heavy atom. The Morgan fingerprint density at radius 1 is 0.707 bits per heavy atom. The van der Waals surface area contributed by atoms with Gasteiger partial charge in [0.2, 0.25) is 11.8 Å². The smallest absolute Gasteiger partial charge is 0.330 e. The average molecular weight is 561 g/mol. The lowest BCUT2D eigenvalue weighted by atomic mass is 9.88. The second kappa shape index (κ2) is 10.1. The van der Waals surface area contributed by atoms with Crippen molar-refractivity contribution in [1.29, 1.82) is 0 Å². The highest BCUT2D eigenvalue weighted by Crippen LogP contribution is 2.50. The summed E-state index contributed by atoms with van der Waals surface area (Å²) in [5.74, 6) is -3.10. The summed E-state index contributed by atoms with van der Waals surface area (Å²) in [5.41, 5.74) is 3.64. The van der Waals surface area contributed by atoms with Crippen LogP contribution in [0.15, 0.2) is 115 Å². The summed E-state index contributed by atoms with van der Waals surface area (Å²) in [6, 6.07) is 32.0. The van der Waals surface area contributed by atoms with Crippen LogP contribution in [-0.2, 0) is 19.1 Å². The SMILES string of the molecule is O=C(OC(c1ccccc1)c1ccccc1)[C@H]1[C@H]2C(=O)N(c3ccccc3Cl)C(=O)[C@@H]2[C@H]2C=Cc3ccccc3N21. The van der Waals surface area contributed by atoms with Crippen molar-refractivity contribution in [3.63, 3.8) is 0 Å². The van der Waals surface area contributed by atoms with Gasteiger partial charge in [0.15, 0.2) is 6.10 Å². The summed E-state index contributed by atoms with van der Waals surface area (Å²) in [6.07, 6.45) is 3.18. The number of para-hydroxylation sites is 2. The molecule has 0 unspecified atom stereocenters. The van der Waals surface area contributed by atoms with Gasteiger partial charge in [0.05, 0.1) is 28.6 Å². The lowest BCUT2D eigenvalue weighted by Gasteiger charge is -2.36. The van der Waals surface area contributed by atoms with Gasteiger partial charge < -0.3 is 9.64 Å². The largest absolute Gasteiger partial charge is 0.451 e. The minimum atomic E-state index is -1.02. The molecule has 3 aliphatic rings. The van der Waals surface area contributed by atoms with Gasteiger partial charge in [0.25, 0.3) is 0 Å². The highest BCUT2D eigenvalue weighted by Gasteiger charge is 2.65. The first-order valence-corrected chi connectivity index (χ1v) is 13.9. The van der Waals surface area contributed by atoms with Gasteiger partial charge >= 0.3 is 5.97 Å². The lowest BCUT2D eigenvalue weighted by Crippen LogP contribution is -2.49. The van der Waals surface area contributed by atoms with Crippen LogP contribution in [0.1, 0.15) is 22.8 Å². The number of carbonyl (C=O) groups excluding carboxylic acids is 3. The van der Waals surface area contributed by atoms with Crippen molar-refractivity contribution in [2.75, 3.05) is 9.80 Å². The molecule has 4 aromatic rings. The number of carbonyl (C=O) groups is 3. The van der Waals surface area contributed by atoms with Crippen LogP contribution in [0.4, 0.5) is 11.4 Å². The second-order valence-electron chi connectivity index (χ2n) is 10.4. The van der Waals surface area contributed by atoms with Crippen molar-refractivity contribution in [3.05, 3.63) is 137 Å². The Bertz CT molecular complexity index is 1650. The zero-order valence-electron chi connectivity index (χ0n) is 21.8. The van der Waals surface area contributed by atoms with Gasteiger partial charge in [-0.2, -0.15) is 0 Å². The molecule has 3 aliphatic heterocycles. The zero-order chi connectivity index (χ0) is 28.1. The summed E-state index contributed by atoms with van der Waals surface area (Å²) in [6.45, 7) is 0. The minimum absolute atomic E-state index is 0.294. The fourth-order valence-electron chi connectivity index (χ4n) is 6.42. The van der Waals surface area contributed by atoms with E-state index in [1.54, 1.807) is 24.3 Å². The maximum absolute atomic E-state index is 14.4. The van der Waals surface area contributed by atoms with Crippen molar-refractivity contribution < 1.29 is 19.1 Å². The molecule has 0 saturated carbocycles. The molecule has 2 saturated heterocycles. The number of ether oxygens (including phenoxy) is 1. The zero-order valence-corrected chi connectivity index (χ0v) is 22.6. The van der Waals surface area contributed by atoms with Gasteiger partial charge in [-0.25, -0.2) is 9.69 Å². The monoisotopic (exact) mass is 560 g/mol. The van der Waals surface area contributed by atoms with E-state index in [0.29, 0.717) is 10.7 Å². The quantitative estimate of drug-likeness (QED) is 0.219. The van der Waals surface area contributed by atoms with Crippen LogP contribution in [0.2, 0.25) is 5.02 Å². The number of anilines is 2. The highest BCUT2D eigenvalue weighted by atomic mass is 35.5. The van der Waals surface area contributed by atoms with Crippen molar-refractivity contribution in [3.8, 4) is 0 Å². The molecule has 4 atom stereocenters. The van der Waals surface area contributed by atoms with Crippen molar-refractivity contribution in [2.24, 2.45) is 11.8 Å². The predicted octanol–water partition coefficient (Wildman–Crippen LogP) is 6.06. The Hall–Kier alpha value is -4.68. The third-order valence-electron chi connectivity index (χ3n) is 8.19. The molecule has 41 heavy (non-hydrogen) atoms. The molecule has 202 valence electrons. The number of hydrogen-bond donors (Lipinski definition) is 0. The van der Waals surface area contributed by atoms with Crippen LogP contribution >= 0.6 is 11.6 Å². The number of halogens is 1. The minimum Gasteiger partial charge on any atom is -0.451 e. The Balaban J connectivity index is 1.33. The van der Waals surface area contributed by atoms with Crippen LogP contribution in [0.5, 0.6) is 0 Å². The van der Waals surface area contributed by atoms with E-state index in [2.05, 4.69) is 0 Å². The van der Waals surface area contributed by atoms with E-state index in [0.717, 1.165) is 27.3 Å². The first kappa shape index (κ1) is 25.3. The number of esters is 1. The first-order valence-electron chi connectivity index (χ1n) is 13.5. The average Bonchev–Trinajstić information content (AvgIpc) is 3.49. The molecule has 0 N–H and O–H groups in total. The molecule has 3 heterocycles. The van der Waals surface area contributed by atoms with E-state index in [1.165, 1.54) is 0 Å². The molecule has 6 nitrogen and oxygen atoms in total. The summed E-state index contributed by atoms with van der Waals surface area (Å²) in [5, 5.41) is 0.294. The summed E-state index contributed by atoms with van der Waals surface area (Å²) < 4.78 is 6.31. The molecule has 0 bridgehead atoms. The Labute approximate surface area is 242 Å². The van der Waals surface area contributed by atoms with Crippen molar-refractivity contribution in [1.82, 2.24) is 0 Å². The van der Waals surface area contributed by atoms with Gasteiger partial charge in [-0.15, -0.1) is 0 Å². The number of benzene rings is 4. The standard InChI is InChI=1S/C34H25ClN2O4/c35-24-16-8-10-18-26(24)37-32(38)28-27-20-19-21-11-7-9-17-25(21)36(27)30(29(28)33(37)39)34(40)41-31(22-12-3-1-4-13-22)23-14-5-2-6-15-23/h1-20,27-31H/t27-,28-,29+,30-/m1/s1. The summed E-state index contributed by atoms with van der Waals surface area (Å²) in [7, 11) is 0. The summed E-state index contributed by atoms with van der Waals surface area (Å²) in [4.78, 5) is 45.5. The van der Waals surface area contributed by atoms with E-state index in [-0.39, 0.29) is 5.91 Å². The van der Waals surface area contributed by atoms with Gasteiger partial charge in [0.1, 0.15) is 6.04 Å². The Morgan fingerprint density at radius 3 is 1.93 bits per heavy atom. The van der Waals surface area contributed by atoms with Crippen LogP contribution in [0, 0.1) is 11.8 Å². The lowest BCUT2D eigenvalue weighted by molar-refractivity contribution is -0.151. The molecule has 0 aromatic heterocycles. The fraction of sp³-hybridized carbons (Fsp3) is 0.147. The molecular weight excluding hydrogens is 536 g/mol.